The van der Waals surface area contributed by atoms with E-state index in [1.165, 1.54) is 0 Å². The maximum atomic E-state index is 11.8. The van der Waals surface area contributed by atoms with Crippen molar-refractivity contribution in [2.75, 3.05) is 20.1 Å². The average Bonchev–Trinajstić information content (AvgIpc) is 2.27. The molecule has 0 aromatic rings. The fourth-order valence-corrected chi connectivity index (χ4v) is 1.55. The van der Waals surface area contributed by atoms with E-state index in [0.717, 1.165) is 6.54 Å². The van der Waals surface area contributed by atoms with Gasteiger partial charge < -0.3 is 15.3 Å². The lowest BCUT2D eigenvalue weighted by Crippen LogP contribution is -2.41. The molecule has 0 aromatic heterocycles. The lowest BCUT2D eigenvalue weighted by molar-refractivity contribution is -0.153. The number of carbonyl (C=O) groups excluding carboxylic acids is 1. The number of carboxylic acids is 1. The van der Waals surface area contributed by atoms with Gasteiger partial charge >= 0.3 is 5.97 Å². The van der Waals surface area contributed by atoms with Crippen molar-refractivity contribution in [1.29, 1.82) is 0 Å². The van der Waals surface area contributed by atoms with Gasteiger partial charge in [-0.3, -0.25) is 9.59 Å². The molecule has 0 bridgehead atoms. The number of hydrogen-bond donors (Lipinski definition) is 2. The predicted octanol–water partition coefficient (Wildman–Crippen LogP) is 1.58. The Hall–Kier alpha value is -1.10. The van der Waals surface area contributed by atoms with Gasteiger partial charge in [0.1, 0.15) is 0 Å². The van der Waals surface area contributed by atoms with E-state index in [9.17, 15) is 14.7 Å². The van der Waals surface area contributed by atoms with Gasteiger partial charge in [0.05, 0.1) is 5.41 Å². The molecule has 0 radical (unpaired) electrons. The standard InChI is InChI=1S/C14H28N2O3/c1-10(2)14(5,13(18)19)9-12(17)15-7-8-16(6)11(3)4/h10-11H,7-9H2,1-6H3,(H,15,17)(H,18,19). The van der Waals surface area contributed by atoms with Crippen LogP contribution in [0.1, 0.15) is 41.0 Å². The Morgan fingerprint density at radius 3 is 2.16 bits per heavy atom. The number of carbonyl (C=O) groups is 2. The van der Waals surface area contributed by atoms with Gasteiger partial charge in [-0.2, -0.15) is 0 Å². The number of nitrogens with one attached hydrogen (secondary N) is 1. The fourth-order valence-electron chi connectivity index (χ4n) is 1.55. The molecule has 0 aromatic carbocycles. The lowest BCUT2D eigenvalue weighted by atomic mass is 9.76. The summed E-state index contributed by atoms with van der Waals surface area (Å²) < 4.78 is 0. The largest absolute Gasteiger partial charge is 0.481 e. The first-order chi connectivity index (χ1) is 8.61. The molecule has 0 aliphatic heterocycles. The summed E-state index contributed by atoms with van der Waals surface area (Å²) in [6, 6.07) is 0.428. The van der Waals surface area contributed by atoms with Crippen molar-refractivity contribution >= 4 is 11.9 Å². The molecule has 0 heterocycles. The van der Waals surface area contributed by atoms with Crippen LogP contribution in [-0.2, 0) is 9.59 Å². The molecule has 2 N–H and O–H groups in total. The van der Waals surface area contributed by atoms with Crippen molar-refractivity contribution in [1.82, 2.24) is 10.2 Å². The second kappa shape index (κ2) is 7.48. The minimum Gasteiger partial charge on any atom is -0.481 e. The van der Waals surface area contributed by atoms with Crippen molar-refractivity contribution < 1.29 is 14.7 Å². The van der Waals surface area contributed by atoms with Crippen LogP contribution in [0.4, 0.5) is 0 Å². The Labute approximate surface area is 116 Å². The number of hydrogen-bond acceptors (Lipinski definition) is 3. The third kappa shape index (κ3) is 5.59. The molecule has 0 rings (SSSR count). The van der Waals surface area contributed by atoms with E-state index in [-0.39, 0.29) is 18.2 Å². The van der Waals surface area contributed by atoms with E-state index >= 15 is 0 Å². The maximum Gasteiger partial charge on any atom is 0.310 e. The molecular formula is C14H28N2O3. The highest BCUT2D eigenvalue weighted by atomic mass is 16.4. The summed E-state index contributed by atoms with van der Waals surface area (Å²) >= 11 is 0. The van der Waals surface area contributed by atoms with Crippen LogP contribution >= 0.6 is 0 Å². The third-order valence-electron chi connectivity index (χ3n) is 3.96. The number of amides is 1. The van der Waals surface area contributed by atoms with E-state index in [1.807, 2.05) is 20.9 Å². The normalized spacial score (nSPS) is 14.8. The van der Waals surface area contributed by atoms with Crippen molar-refractivity contribution in [2.45, 2.75) is 47.1 Å². The smallest absolute Gasteiger partial charge is 0.310 e. The number of likely N-dealkylation sites (N-methyl/N-ethyl adjacent to an activating group) is 1. The molecule has 1 unspecified atom stereocenters. The van der Waals surface area contributed by atoms with Crippen LogP contribution in [0.5, 0.6) is 0 Å². The van der Waals surface area contributed by atoms with Crippen LogP contribution in [0, 0.1) is 11.3 Å². The molecule has 0 saturated heterocycles. The zero-order valence-corrected chi connectivity index (χ0v) is 13.0. The average molecular weight is 272 g/mol. The predicted molar refractivity (Wildman–Crippen MR) is 76.0 cm³/mol. The Kier molecular flexibility index (Phi) is 7.05. The first-order valence-corrected chi connectivity index (χ1v) is 6.81. The van der Waals surface area contributed by atoms with Gasteiger partial charge in [0.15, 0.2) is 0 Å². The second-order valence-electron chi connectivity index (χ2n) is 5.98. The van der Waals surface area contributed by atoms with Crippen molar-refractivity contribution in [2.24, 2.45) is 11.3 Å². The van der Waals surface area contributed by atoms with Gasteiger partial charge in [-0.25, -0.2) is 0 Å². The second-order valence-corrected chi connectivity index (χ2v) is 5.98. The Morgan fingerprint density at radius 1 is 1.26 bits per heavy atom. The third-order valence-corrected chi connectivity index (χ3v) is 3.96. The summed E-state index contributed by atoms with van der Waals surface area (Å²) in [6.07, 6.45) is 0.0192. The summed E-state index contributed by atoms with van der Waals surface area (Å²) in [5.41, 5.74) is -1.01. The van der Waals surface area contributed by atoms with E-state index < -0.39 is 11.4 Å². The van der Waals surface area contributed by atoms with Crippen molar-refractivity contribution in [3.8, 4) is 0 Å². The van der Waals surface area contributed by atoms with Crippen molar-refractivity contribution in [3.05, 3.63) is 0 Å². The quantitative estimate of drug-likeness (QED) is 0.704. The van der Waals surface area contributed by atoms with Crippen LogP contribution in [0.15, 0.2) is 0 Å². The van der Waals surface area contributed by atoms with Gasteiger partial charge in [-0.1, -0.05) is 13.8 Å². The lowest BCUT2D eigenvalue weighted by Gasteiger charge is -2.28. The molecule has 0 aliphatic carbocycles. The fraction of sp³-hybridized carbons (Fsp3) is 0.857. The van der Waals surface area contributed by atoms with Crippen LogP contribution in [0.25, 0.3) is 0 Å². The zero-order chi connectivity index (χ0) is 15.2. The number of carboxylic acid groups (broad SMARTS) is 1. The van der Waals surface area contributed by atoms with E-state index in [1.54, 1.807) is 6.92 Å². The minimum atomic E-state index is -1.01. The van der Waals surface area contributed by atoms with E-state index in [2.05, 4.69) is 24.1 Å². The summed E-state index contributed by atoms with van der Waals surface area (Å²) in [7, 11) is 1.99. The maximum absolute atomic E-state index is 11.8. The molecule has 19 heavy (non-hydrogen) atoms. The SMILES string of the molecule is CC(C)N(C)CCNC(=O)CC(C)(C(=O)O)C(C)C. The number of nitrogens with zero attached hydrogens (tertiary/aromatic N) is 1. The summed E-state index contributed by atoms with van der Waals surface area (Å²) in [4.78, 5) is 25.2. The van der Waals surface area contributed by atoms with Gasteiger partial charge in [0.2, 0.25) is 5.91 Å². The molecule has 0 fully saturated rings. The first kappa shape index (κ1) is 17.9. The monoisotopic (exact) mass is 272 g/mol. The Balaban J connectivity index is 4.27. The number of aliphatic carboxylic acids is 1. The molecule has 5 heteroatoms. The zero-order valence-electron chi connectivity index (χ0n) is 13.0. The Bertz CT molecular complexity index is 316. The molecule has 0 aliphatic rings. The molecule has 112 valence electrons. The van der Waals surface area contributed by atoms with Crippen molar-refractivity contribution in [3.63, 3.8) is 0 Å². The summed E-state index contributed by atoms with van der Waals surface area (Å²) in [5, 5.41) is 12.0. The van der Waals surface area contributed by atoms with Crippen LogP contribution in [0.2, 0.25) is 0 Å². The highest BCUT2D eigenvalue weighted by Gasteiger charge is 2.38. The highest BCUT2D eigenvalue weighted by molar-refractivity contribution is 5.84. The topological polar surface area (TPSA) is 69.6 Å². The highest BCUT2D eigenvalue weighted by Crippen LogP contribution is 2.31. The van der Waals surface area contributed by atoms with E-state index in [4.69, 9.17) is 0 Å². The molecule has 1 atom stereocenters. The van der Waals surface area contributed by atoms with Crippen LogP contribution in [0.3, 0.4) is 0 Å². The molecule has 0 spiro atoms. The minimum absolute atomic E-state index is 0.0192. The van der Waals surface area contributed by atoms with Gasteiger partial charge in [-0.05, 0) is 33.7 Å². The van der Waals surface area contributed by atoms with E-state index in [0.29, 0.717) is 12.6 Å². The number of rotatable bonds is 8. The van der Waals surface area contributed by atoms with Crippen LogP contribution < -0.4 is 5.32 Å². The molecule has 5 nitrogen and oxygen atoms in total. The Morgan fingerprint density at radius 2 is 1.79 bits per heavy atom. The summed E-state index contributed by atoms with van der Waals surface area (Å²) in [6.45, 7) is 10.8. The summed E-state index contributed by atoms with van der Waals surface area (Å²) in [5.74, 6) is -1.21. The van der Waals surface area contributed by atoms with Gasteiger partial charge in [0.25, 0.3) is 0 Å². The molecular weight excluding hydrogens is 244 g/mol. The molecule has 1 amide bonds. The first-order valence-electron chi connectivity index (χ1n) is 6.81. The van der Waals surface area contributed by atoms with Gasteiger partial charge in [-0.15, -0.1) is 0 Å². The molecule has 0 saturated carbocycles. The van der Waals surface area contributed by atoms with Crippen LogP contribution in [-0.4, -0.2) is 48.1 Å². The van der Waals surface area contributed by atoms with Gasteiger partial charge in [0, 0.05) is 25.6 Å².